The first-order valence-electron chi connectivity index (χ1n) is 9.32. The van der Waals surface area contributed by atoms with E-state index in [9.17, 15) is 17.2 Å². The second-order valence-electron chi connectivity index (χ2n) is 7.04. The van der Waals surface area contributed by atoms with E-state index in [0.717, 1.165) is 28.5 Å². The Bertz CT molecular complexity index is 1190. The SMILES string of the molecule is O=S(=O)(c1ccc(F)c(Cl)c1)N1CCN(c2nc(Cc3cc(F)cc(Cl)c3)cs2)CC1. The average molecular weight is 504 g/mol. The maximum Gasteiger partial charge on any atom is 0.243 e. The molecule has 1 fully saturated rings. The van der Waals surface area contributed by atoms with Crippen molar-refractivity contribution >= 4 is 49.7 Å². The minimum atomic E-state index is -3.76. The van der Waals surface area contributed by atoms with Gasteiger partial charge < -0.3 is 4.90 Å². The summed E-state index contributed by atoms with van der Waals surface area (Å²) in [6, 6.07) is 7.78. The monoisotopic (exact) mass is 503 g/mol. The molecule has 1 saturated heterocycles. The first kappa shape index (κ1) is 22.4. The van der Waals surface area contributed by atoms with E-state index in [1.54, 1.807) is 6.07 Å². The highest BCUT2D eigenvalue weighted by atomic mass is 35.5. The molecule has 0 saturated carbocycles. The van der Waals surface area contributed by atoms with Crippen molar-refractivity contribution in [3.63, 3.8) is 0 Å². The minimum Gasteiger partial charge on any atom is -0.345 e. The van der Waals surface area contributed by atoms with Crippen LogP contribution in [0.5, 0.6) is 0 Å². The minimum absolute atomic E-state index is 0.0300. The first-order chi connectivity index (χ1) is 14.7. The van der Waals surface area contributed by atoms with Gasteiger partial charge in [0, 0.05) is 43.0 Å². The number of nitrogens with zero attached hydrogens (tertiary/aromatic N) is 3. The van der Waals surface area contributed by atoms with E-state index >= 15 is 0 Å². The number of aromatic nitrogens is 1. The van der Waals surface area contributed by atoms with Crippen LogP contribution in [0.4, 0.5) is 13.9 Å². The van der Waals surface area contributed by atoms with Gasteiger partial charge in [-0.05, 0) is 42.0 Å². The topological polar surface area (TPSA) is 53.5 Å². The fraction of sp³-hybridized carbons (Fsp3) is 0.250. The predicted molar refractivity (Wildman–Crippen MR) is 119 cm³/mol. The fourth-order valence-electron chi connectivity index (χ4n) is 3.35. The van der Waals surface area contributed by atoms with Gasteiger partial charge in [0.15, 0.2) is 5.13 Å². The van der Waals surface area contributed by atoms with Crippen LogP contribution in [-0.2, 0) is 16.4 Å². The van der Waals surface area contributed by atoms with E-state index in [4.69, 9.17) is 23.2 Å². The van der Waals surface area contributed by atoms with Crippen LogP contribution in [0.1, 0.15) is 11.3 Å². The Labute approximate surface area is 192 Å². The summed E-state index contributed by atoms with van der Waals surface area (Å²) in [5.74, 6) is -1.05. The molecule has 1 aromatic heterocycles. The Morgan fingerprint density at radius 1 is 1.03 bits per heavy atom. The van der Waals surface area contributed by atoms with Crippen molar-refractivity contribution in [2.24, 2.45) is 0 Å². The van der Waals surface area contributed by atoms with E-state index in [2.05, 4.69) is 4.98 Å². The third kappa shape index (κ3) is 5.01. The van der Waals surface area contributed by atoms with Crippen LogP contribution in [0, 0.1) is 11.6 Å². The molecule has 5 nitrogen and oxygen atoms in total. The molecule has 2 heterocycles. The molecular weight excluding hydrogens is 487 g/mol. The van der Waals surface area contributed by atoms with Gasteiger partial charge in [0.1, 0.15) is 11.6 Å². The second-order valence-corrected chi connectivity index (χ2v) is 10.7. The van der Waals surface area contributed by atoms with E-state index in [1.165, 1.54) is 33.8 Å². The van der Waals surface area contributed by atoms with Gasteiger partial charge in [0.05, 0.1) is 15.6 Å². The standard InChI is InChI=1S/C20H17Cl2F2N3O2S2/c21-14-7-13(8-15(23)10-14)9-16-12-30-20(25-16)26-3-5-27(6-4-26)31(28,29)17-1-2-19(24)18(22)11-17/h1-2,7-8,10-12H,3-6,9H2. The molecule has 11 heteroatoms. The van der Waals surface area contributed by atoms with Gasteiger partial charge in [-0.3, -0.25) is 0 Å². The van der Waals surface area contributed by atoms with Crippen LogP contribution in [0.15, 0.2) is 46.7 Å². The maximum atomic E-state index is 13.5. The second kappa shape index (κ2) is 8.99. The Kier molecular flexibility index (Phi) is 6.50. The molecular formula is C20H17Cl2F2N3O2S2. The molecule has 0 unspecified atom stereocenters. The number of halogens is 4. The lowest BCUT2D eigenvalue weighted by atomic mass is 10.1. The highest BCUT2D eigenvalue weighted by Gasteiger charge is 2.30. The number of hydrogen-bond donors (Lipinski definition) is 0. The zero-order chi connectivity index (χ0) is 22.2. The third-order valence-corrected chi connectivity index (χ3v) is 8.24. The van der Waals surface area contributed by atoms with Gasteiger partial charge in [-0.1, -0.05) is 23.2 Å². The molecule has 0 radical (unpaired) electrons. The van der Waals surface area contributed by atoms with E-state index < -0.39 is 21.7 Å². The average Bonchev–Trinajstić information content (AvgIpc) is 3.17. The van der Waals surface area contributed by atoms with Gasteiger partial charge in [-0.25, -0.2) is 22.2 Å². The van der Waals surface area contributed by atoms with Crippen LogP contribution >= 0.6 is 34.5 Å². The molecule has 0 N–H and O–H groups in total. The Hall–Kier alpha value is -1.78. The van der Waals surface area contributed by atoms with Crippen molar-refractivity contribution in [2.75, 3.05) is 31.1 Å². The van der Waals surface area contributed by atoms with Crippen molar-refractivity contribution in [3.8, 4) is 0 Å². The molecule has 0 bridgehead atoms. The smallest absolute Gasteiger partial charge is 0.243 e. The largest absolute Gasteiger partial charge is 0.345 e. The summed E-state index contributed by atoms with van der Waals surface area (Å²) in [6.07, 6.45) is 0.452. The lowest BCUT2D eigenvalue weighted by molar-refractivity contribution is 0.384. The lowest BCUT2D eigenvalue weighted by Gasteiger charge is -2.33. The van der Waals surface area contributed by atoms with Crippen LogP contribution in [-0.4, -0.2) is 43.9 Å². The molecule has 31 heavy (non-hydrogen) atoms. The number of benzene rings is 2. The first-order valence-corrected chi connectivity index (χ1v) is 12.4. The molecule has 3 aromatic rings. The summed E-state index contributed by atoms with van der Waals surface area (Å²) in [7, 11) is -3.76. The Balaban J connectivity index is 1.41. The molecule has 2 aromatic carbocycles. The summed E-state index contributed by atoms with van der Waals surface area (Å²) >= 11 is 13.1. The quantitative estimate of drug-likeness (QED) is 0.500. The maximum absolute atomic E-state index is 13.5. The zero-order valence-corrected chi connectivity index (χ0v) is 19.2. The summed E-state index contributed by atoms with van der Waals surface area (Å²) in [4.78, 5) is 6.59. The molecule has 0 spiro atoms. The number of rotatable bonds is 5. The van der Waals surface area contributed by atoms with Gasteiger partial charge in [0.2, 0.25) is 10.0 Å². The molecule has 164 valence electrons. The highest BCUT2D eigenvalue weighted by Crippen LogP contribution is 2.27. The lowest BCUT2D eigenvalue weighted by Crippen LogP contribution is -2.48. The molecule has 0 amide bonds. The fourth-order valence-corrected chi connectivity index (χ4v) is 6.17. The van der Waals surface area contributed by atoms with Gasteiger partial charge >= 0.3 is 0 Å². The Morgan fingerprint density at radius 2 is 1.77 bits per heavy atom. The number of piperazine rings is 1. The van der Waals surface area contributed by atoms with Crippen molar-refractivity contribution in [1.29, 1.82) is 0 Å². The van der Waals surface area contributed by atoms with Crippen LogP contribution in [0.3, 0.4) is 0 Å². The normalized spacial score (nSPS) is 15.4. The molecule has 0 atom stereocenters. The molecule has 4 rings (SSSR count). The molecule has 0 aliphatic carbocycles. The van der Waals surface area contributed by atoms with Crippen LogP contribution < -0.4 is 4.90 Å². The number of thiazole rings is 1. The molecule has 1 aliphatic rings. The molecule has 1 aliphatic heterocycles. The summed E-state index contributed by atoms with van der Waals surface area (Å²) in [5, 5.41) is 2.79. The van der Waals surface area contributed by atoms with Gasteiger partial charge in [-0.15, -0.1) is 11.3 Å². The van der Waals surface area contributed by atoms with Crippen molar-refractivity contribution in [2.45, 2.75) is 11.3 Å². The number of hydrogen-bond acceptors (Lipinski definition) is 5. The van der Waals surface area contributed by atoms with Gasteiger partial charge in [-0.2, -0.15) is 4.31 Å². The number of anilines is 1. The highest BCUT2D eigenvalue weighted by molar-refractivity contribution is 7.89. The van der Waals surface area contributed by atoms with E-state index in [-0.39, 0.29) is 23.0 Å². The zero-order valence-electron chi connectivity index (χ0n) is 16.1. The van der Waals surface area contributed by atoms with Gasteiger partial charge in [0.25, 0.3) is 0 Å². The van der Waals surface area contributed by atoms with Crippen molar-refractivity contribution in [3.05, 3.63) is 74.7 Å². The summed E-state index contributed by atoms with van der Waals surface area (Å²) in [5.41, 5.74) is 1.52. The summed E-state index contributed by atoms with van der Waals surface area (Å²) in [6.45, 7) is 1.47. The predicted octanol–water partition coefficient (Wildman–Crippen LogP) is 4.83. The van der Waals surface area contributed by atoms with Crippen molar-refractivity contribution in [1.82, 2.24) is 9.29 Å². The number of sulfonamides is 1. The summed E-state index contributed by atoms with van der Waals surface area (Å²) < 4.78 is 53.9. The van der Waals surface area contributed by atoms with Crippen LogP contribution in [0.2, 0.25) is 10.0 Å². The van der Waals surface area contributed by atoms with E-state index in [1.807, 2.05) is 10.3 Å². The van der Waals surface area contributed by atoms with Crippen molar-refractivity contribution < 1.29 is 17.2 Å². The Morgan fingerprint density at radius 3 is 2.45 bits per heavy atom. The van der Waals surface area contributed by atoms with Crippen LogP contribution in [0.25, 0.3) is 0 Å². The third-order valence-electron chi connectivity index (χ3n) is 4.89. The van der Waals surface area contributed by atoms with E-state index in [0.29, 0.717) is 24.5 Å².